The number of aromatic nitrogens is 1. The zero-order valence-corrected chi connectivity index (χ0v) is 11.9. The zero-order chi connectivity index (χ0) is 13.9. The topological polar surface area (TPSA) is 24.9 Å². The summed E-state index contributed by atoms with van der Waals surface area (Å²) in [6.07, 6.45) is 0. The van der Waals surface area contributed by atoms with Gasteiger partial charge in [-0.3, -0.25) is 4.98 Å². The monoisotopic (exact) mass is 262 g/mol. The van der Waals surface area contributed by atoms with Crippen LogP contribution in [0.15, 0.2) is 54.6 Å². The molecule has 0 aliphatic rings. The molecule has 1 N–H and O–H groups in total. The average molecular weight is 262 g/mol. The number of pyridine rings is 1. The van der Waals surface area contributed by atoms with Crippen LogP contribution >= 0.6 is 0 Å². The molecule has 0 unspecified atom stereocenters. The summed E-state index contributed by atoms with van der Waals surface area (Å²) in [6.45, 7) is 4.96. The Labute approximate surface area is 119 Å². The van der Waals surface area contributed by atoms with Gasteiger partial charge in [-0.05, 0) is 43.7 Å². The second-order valence-electron chi connectivity index (χ2n) is 5.16. The maximum atomic E-state index is 4.58. The minimum absolute atomic E-state index is 0.812. The maximum Gasteiger partial charge on any atom is 0.0708 e. The normalized spacial score (nSPS) is 10.7. The molecule has 0 atom stereocenters. The van der Waals surface area contributed by atoms with E-state index in [4.69, 9.17) is 0 Å². The molecule has 2 nitrogen and oxygen atoms in total. The number of hydrogen-bond donors (Lipinski definition) is 1. The van der Waals surface area contributed by atoms with Gasteiger partial charge in [-0.15, -0.1) is 0 Å². The number of rotatable bonds is 3. The van der Waals surface area contributed by atoms with Crippen molar-refractivity contribution >= 4 is 16.6 Å². The van der Waals surface area contributed by atoms with Crippen LogP contribution in [0.1, 0.15) is 16.8 Å². The fourth-order valence-corrected chi connectivity index (χ4v) is 2.41. The average Bonchev–Trinajstić information content (AvgIpc) is 2.46. The van der Waals surface area contributed by atoms with E-state index in [9.17, 15) is 0 Å². The highest BCUT2D eigenvalue weighted by atomic mass is 14.9. The number of anilines is 1. The van der Waals surface area contributed by atoms with Gasteiger partial charge in [0, 0.05) is 23.3 Å². The first-order valence-electron chi connectivity index (χ1n) is 6.88. The third kappa shape index (κ3) is 2.64. The van der Waals surface area contributed by atoms with E-state index in [1.165, 1.54) is 16.5 Å². The van der Waals surface area contributed by atoms with Crippen LogP contribution in [-0.4, -0.2) is 4.98 Å². The van der Waals surface area contributed by atoms with Crippen LogP contribution in [0.2, 0.25) is 0 Å². The van der Waals surface area contributed by atoms with Crippen molar-refractivity contribution in [1.29, 1.82) is 0 Å². The summed E-state index contributed by atoms with van der Waals surface area (Å²) in [7, 11) is 0. The third-order valence-electron chi connectivity index (χ3n) is 3.46. The Morgan fingerprint density at radius 3 is 2.50 bits per heavy atom. The molecule has 0 bridgehead atoms. The molecule has 20 heavy (non-hydrogen) atoms. The Morgan fingerprint density at radius 2 is 1.70 bits per heavy atom. The molecule has 0 amide bonds. The number of nitrogens with one attached hydrogen (secondary N) is 1. The van der Waals surface area contributed by atoms with Crippen LogP contribution < -0.4 is 5.32 Å². The van der Waals surface area contributed by atoms with Gasteiger partial charge >= 0.3 is 0 Å². The summed E-state index contributed by atoms with van der Waals surface area (Å²) in [5.41, 5.74) is 5.83. The summed E-state index contributed by atoms with van der Waals surface area (Å²) in [5, 5.41) is 4.70. The SMILES string of the molecule is Cc1ccc(NCc2cc(C)nc3ccccc23)cc1. The standard InChI is InChI=1S/C18H18N2/c1-13-7-9-16(10-8-13)19-12-15-11-14(2)20-18-6-4-3-5-17(15)18/h3-11,19H,12H2,1-2H3. The number of aryl methyl sites for hydroxylation is 2. The lowest BCUT2D eigenvalue weighted by Crippen LogP contribution is -2.01. The molecule has 0 fully saturated rings. The molecular formula is C18H18N2. The molecule has 0 spiro atoms. The Kier molecular flexibility index (Phi) is 3.38. The molecule has 0 aliphatic carbocycles. The number of benzene rings is 2. The van der Waals surface area contributed by atoms with E-state index in [2.05, 4.69) is 65.8 Å². The first-order chi connectivity index (χ1) is 9.72. The van der Waals surface area contributed by atoms with Crippen molar-refractivity contribution in [1.82, 2.24) is 4.98 Å². The van der Waals surface area contributed by atoms with Gasteiger partial charge < -0.3 is 5.32 Å². The largest absolute Gasteiger partial charge is 0.381 e. The van der Waals surface area contributed by atoms with Crippen molar-refractivity contribution in [3.63, 3.8) is 0 Å². The van der Waals surface area contributed by atoms with Crippen LogP contribution in [0, 0.1) is 13.8 Å². The summed E-state index contributed by atoms with van der Waals surface area (Å²) >= 11 is 0. The molecular weight excluding hydrogens is 244 g/mol. The molecule has 2 aromatic carbocycles. The minimum Gasteiger partial charge on any atom is -0.381 e. The number of para-hydroxylation sites is 1. The molecule has 0 aliphatic heterocycles. The molecule has 100 valence electrons. The van der Waals surface area contributed by atoms with E-state index < -0.39 is 0 Å². The van der Waals surface area contributed by atoms with Gasteiger partial charge in [0.05, 0.1) is 5.52 Å². The summed E-state index contributed by atoms with van der Waals surface area (Å²) in [5.74, 6) is 0. The highest BCUT2D eigenvalue weighted by molar-refractivity contribution is 5.82. The van der Waals surface area contributed by atoms with Crippen LogP contribution in [0.4, 0.5) is 5.69 Å². The van der Waals surface area contributed by atoms with Gasteiger partial charge in [-0.25, -0.2) is 0 Å². The van der Waals surface area contributed by atoms with E-state index in [0.29, 0.717) is 0 Å². The van der Waals surface area contributed by atoms with Gasteiger partial charge in [-0.1, -0.05) is 35.9 Å². The predicted octanol–water partition coefficient (Wildman–Crippen LogP) is 4.46. The molecule has 1 heterocycles. The molecule has 0 radical (unpaired) electrons. The fourth-order valence-electron chi connectivity index (χ4n) is 2.41. The quantitative estimate of drug-likeness (QED) is 0.753. The Morgan fingerprint density at radius 1 is 0.950 bits per heavy atom. The van der Waals surface area contributed by atoms with E-state index in [1.807, 2.05) is 13.0 Å². The van der Waals surface area contributed by atoms with Gasteiger partial charge in [0.2, 0.25) is 0 Å². The van der Waals surface area contributed by atoms with Gasteiger partial charge in [0.1, 0.15) is 0 Å². The lowest BCUT2D eigenvalue weighted by molar-refractivity contribution is 1.13. The predicted molar refractivity (Wildman–Crippen MR) is 85.0 cm³/mol. The minimum atomic E-state index is 0.812. The van der Waals surface area contributed by atoms with Crippen molar-refractivity contribution < 1.29 is 0 Å². The molecule has 2 heteroatoms. The van der Waals surface area contributed by atoms with Crippen molar-refractivity contribution in [2.45, 2.75) is 20.4 Å². The van der Waals surface area contributed by atoms with Gasteiger partial charge in [-0.2, -0.15) is 0 Å². The lowest BCUT2D eigenvalue weighted by atomic mass is 10.1. The van der Waals surface area contributed by atoms with E-state index in [0.717, 1.165) is 23.4 Å². The third-order valence-corrected chi connectivity index (χ3v) is 3.46. The second-order valence-corrected chi connectivity index (χ2v) is 5.16. The number of fused-ring (bicyclic) bond motifs is 1. The van der Waals surface area contributed by atoms with Crippen molar-refractivity contribution in [3.05, 3.63) is 71.4 Å². The van der Waals surface area contributed by atoms with Gasteiger partial charge in [0.15, 0.2) is 0 Å². The first-order valence-corrected chi connectivity index (χ1v) is 6.88. The van der Waals surface area contributed by atoms with Crippen molar-refractivity contribution in [3.8, 4) is 0 Å². The molecule has 0 saturated carbocycles. The number of hydrogen-bond acceptors (Lipinski definition) is 2. The van der Waals surface area contributed by atoms with E-state index in [-0.39, 0.29) is 0 Å². The highest BCUT2D eigenvalue weighted by Gasteiger charge is 2.03. The lowest BCUT2D eigenvalue weighted by Gasteiger charge is -2.10. The smallest absolute Gasteiger partial charge is 0.0708 e. The molecule has 3 rings (SSSR count). The fraction of sp³-hybridized carbons (Fsp3) is 0.167. The van der Waals surface area contributed by atoms with Crippen LogP contribution in [0.5, 0.6) is 0 Å². The second kappa shape index (κ2) is 5.33. The summed E-state index contributed by atoms with van der Waals surface area (Å²) in [4.78, 5) is 4.58. The molecule has 1 aromatic heterocycles. The summed E-state index contributed by atoms with van der Waals surface area (Å²) in [6, 6.07) is 18.9. The van der Waals surface area contributed by atoms with Crippen molar-refractivity contribution in [2.24, 2.45) is 0 Å². The Bertz CT molecular complexity index is 730. The maximum absolute atomic E-state index is 4.58. The van der Waals surface area contributed by atoms with E-state index >= 15 is 0 Å². The Balaban J connectivity index is 1.88. The summed E-state index contributed by atoms with van der Waals surface area (Å²) < 4.78 is 0. The highest BCUT2D eigenvalue weighted by Crippen LogP contribution is 2.19. The van der Waals surface area contributed by atoms with Crippen LogP contribution in [0.3, 0.4) is 0 Å². The number of nitrogens with zero attached hydrogens (tertiary/aromatic N) is 1. The Hall–Kier alpha value is -2.35. The first kappa shape index (κ1) is 12.7. The van der Waals surface area contributed by atoms with Crippen molar-refractivity contribution in [2.75, 3.05) is 5.32 Å². The molecule has 3 aromatic rings. The zero-order valence-electron chi connectivity index (χ0n) is 11.9. The van der Waals surface area contributed by atoms with Crippen LogP contribution in [-0.2, 0) is 6.54 Å². The van der Waals surface area contributed by atoms with Crippen LogP contribution in [0.25, 0.3) is 10.9 Å². The molecule has 0 saturated heterocycles. The van der Waals surface area contributed by atoms with E-state index in [1.54, 1.807) is 0 Å². The van der Waals surface area contributed by atoms with Gasteiger partial charge in [0.25, 0.3) is 0 Å².